The van der Waals surface area contributed by atoms with Crippen molar-refractivity contribution in [2.24, 2.45) is 17.8 Å². The van der Waals surface area contributed by atoms with Crippen molar-refractivity contribution in [2.45, 2.75) is 50.6 Å². The average molecular weight is 370 g/mol. The standard InChI is InChI=1S/C19H22N4O4/c24-18(20-10-15-2-1-3-27-15)17-16(23(25)26)11-22(21-17)19-7-12-4-13(8-19)6-14(5-12)9-19/h1-3,11-14H,4-10H2,(H,20,24). The van der Waals surface area contributed by atoms with Crippen LogP contribution in [0.1, 0.15) is 54.8 Å². The van der Waals surface area contributed by atoms with Crippen molar-refractivity contribution in [3.63, 3.8) is 0 Å². The van der Waals surface area contributed by atoms with E-state index in [2.05, 4.69) is 10.4 Å². The molecule has 0 atom stereocenters. The summed E-state index contributed by atoms with van der Waals surface area (Å²) >= 11 is 0. The molecule has 4 fully saturated rings. The number of carbonyl (C=O) groups is 1. The molecule has 0 saturated heterocycles. The second-order valence-corrected chi connectivity index (χ2v) is 8.47. The Morgan fingerprint density at radius 2 is 1.96 bits per heavy atom. The maximum absolute atomic E-state index is 12.6. The Bertz CT molecular complexity index is 850. The smallest absolute Gasteiger partial charge is 0.320 e. The highest BCUT2D eigenvalue weighted by Crippen LogP contribution is 2.58. The molecule has 8 nitrogen and oxygen atoms in total. The Balaban J connectivity index is 1.44. The van der Waals surface area contributed by atoms with E-state index in [1.807, 2.05) is 0 Å². The monoisotopic (exact) mass is 370 g/mol. The van der Waals surface area contributed by atoms with Gasteiger partial charge in [0.05, 0.1) is 23.3 Å². The van der Waals surface area contributed by atoms with Crippen molar-refractivity contribution in [1.29, 1.82) is 0 Å². The Morgan fingerprint density at radius 3 is 2.52 bits per heavy atom. The highest BCUT2D eigenvalue weighted by atomic mass is 16.6. The van der Waals surface area contributed by atoms with Gasteiger partial charge in [-0.05, 0) is 68.4 Å². The van der Waals surface area contributed by atoms with Gasteiger partial charge in [-0.25, -0.2) is 0 Å². The predicted molar refractivity (Wildman–Crippen MR) is 94.9 cm³/mol. The van der Waals surface area contributed by atoms with Gasteiger partial charge < -0.3 is 9.73 Å². The van der Waals surface area contributed by atoms with E-state index in [9.17, 15) is 14.9 Å². The molecule has 4 bridgehead atoms. The summed E-state index contributed by atoms with van der Waals surface area (Å²) < 4.78 is 6.95. The van der Waals surface area contributed by atoms with Crippen LogP contribution in [0.5, 0.6) is 0 Å². The lowest BCUT2D eigenvalue weighted by Gasteiger charge is -2.56. The molecule has 0 unspecified atom stereocenters. The van der Waals surface area contributed by atoms with Gasteiger partial charge in [-0.15, -0.1) is 0 Å². The molecule has 2 aromatic heterocycles. The first kappa shape index (κ1) is 16.5. The minimum Gasteiger partial charge on any atom is -0.467 e. The molecule has 0 aliphatic heterocycles. The van der Waals surface area contributed by atoms with Gasteiger partial charge in [0, 0.05) is 0 Å². The van der Waals surface area contributed by atoms with Crippen LogP contribution in [-0.2, 0) is 12.1 Å². The highest BCUT2D eigenvalue weighted by molar-refractivity contribution is 5.96. The van der Waals surface area contributed by atoms with Crippen LogP contribution in [0.3, 0.4) is 0 Å². The Morgan fingerprint density at radius 1 is 1.30 bits per heavy atom. The van der Waals surface area contributed by atoms with E-state index in [4.69, 9.17) is 4.42 Å². The van der Waals surface area contributed by atoms with E-state index in [0.717, 1.165) is 19.3 Å². The SMILES string of the molecule is O=C(NCc1ccco1)c1nn(C23CC4CC(CC(C4)C2)C3)cc1[N+](=O)[O-]. The number of nitro groups is 1. The molecular weight excluding hydrogens is 348 g/mol. The lowest BCUT2D eigenvalue weighted by Crippen LogP contribution is -2.52. The van der Waals surface area contributed by atoms with E-state index in [-0.39, 0.29) is 23.5 Å². The number of furan rings is 1. The molecule has 0 radical (unpaired) electrons. The van der Waals surface area contributed by atoms with Crippen molar-refractivity contribution in [1.82, 2.24) is 15.1 Å². The normalized spacial score (nSPS) is 31.2. The zero-order valence-electron chi connectivity index (χ0n) is 15.0. The third kappa shape index (κ3) is 2.74. The third-order valence-electron chi connectivity index (χ3n) is 6.60. The van der Waals surface area contributed by atoms with Gasteiger partial charge >= 0.3 is 5.69 Å². The molecule has 2 heterocycles. The van der Waals surface area contributed by atoms with Gasteiger partial charge in [-0.3, -0.25) is 19.6 Å². The van der Waals surface area contributed by atoms with Crippen LogP contribution in [-0.4, -0.2) is 20.6 Å². The van der Waals surface area contributed by atoms with Crippen molar-refractivity contribution in [3.05, 3.63) is 46.2 Å². The summed E-state index contributed by atoms with van der Waals surface area (Å²) in [5.74, 6) is 2.12. The molecule has 0 aromatic carbocycles. The van der Waals surface area contributed by atoms with Crippen LogP contribution in [0.2, 0.25) is 0 Å². The first-order valence-electron chi connectivity index (χ1n) is 9.57. The van der Waals surface area contributed by atoms with Crippen LogP contribution < -0.4 is 5.32 Å². The molecule has 4 aliphatic carbocycles. The molecule has 0 spiro atoms. The van der Waals surface area contributed by atoms with Crippen molar-refractivity contribution < 1.29 is 14.1 Å². The van der Waals surface area contributed by atoms with Crippen molar-refractivity contribution in [3.8, 4) is 0 Å². The maximum Gasteiger partial charge on any atom is 0.320 e. The van der Waals surface area contributed by atoms with Crippen LogP contribution >= 0.6 is 0 Å². The summed E-state index contributed by atoms with van der Waals surface area (Å²) in [4.78, 5) is 23.6. The summed E-state index contributed by atoms with van der Waals surface area (Å²) in [7, 11) is 0. The number of aromatic nitrogens is 2. The first-order chi connectivity index (χ1) is 13.0. The molecule has 1 N–H and O–H groups in total. The van der Waals surface area contributed by atoms with Gasteiger partial charge in [0.2, 0.25) is 5.69 Å². The molecule has 142 valence electrons. The number of nitrogens with one attached hydrogen (secondary N) is 1. The molecule has 8 heteroatoms. The summed E-state index contributed by atoms with van der Waals surface area (Å²) in [6, 6.07) is 3.47. The van der Waals surface area contributed by atoms with E-state index < -0.39 is 10.8 Å². The third-order valence-corrected chi connectivity index (χ3v) is 6.60. The molecule has 27 heavy (non-hydrogen) atoms. The van der Waals surface area contributed by atoms with Gasteiger partial charge in [-0.2, -0.15) is 5.10 Å². The molecule has 4 aliphatic rings. The molecule has 1 amide bonds. The largest absolute Gasteiger partial charge is 0.467 e. The number of hydrogen-bond donors (Lipinski definition) is 1. The number of rotatable bonds is 5. The fourth-order valence-electron chi connectivity index (χ4n) is 5.91. The minimum absolute atomic E-state index is 0.109. The van der Waals surface area contributed by atoms with E-state index in [0.29, 0.717) is 23.5 Å². The van der Waals surface area contributed by atoms with Crippen LogP contribution in [0.25, 0.3) is 0 Å². The van der Waals surface area contributed by atoms with Crippen LogP contribution in [0, 0.1) is 27.9 Å². The fraction of sp³-hybridized carbons (Fsp3) is 0.579. The molecule has 6 rings (SSSR count). The van der Waals surface area contributed by atoms with Crippen LogP contribution in [0.4, 0.5) is 5.69 Å². The topological polar surface area (TPSA) is 103 Å². The highest BCUT2D eigenvalue weighted by Gasteiger charge is 2.53. The predicted octanol–water partition coefficient (Wildman–Crippen LogP) is 3.24. The van der Waals surface area contributed by atoms with Crippen molar-refractivity contribution >= 4 is 11.6 Å². The number of nitrogens with zero attached hydrogens (tertiary/aromatic N) is 3. The molecule has 4 saturated carbocycles. The first-order valence-corrected chi connectivity index (χ1v) is 9.57. The lowest BCUT2D eigenvalue weighted by molar-refractivity contribution is -0.385. The second-order valence-electron chi connectivity index (χ2n) is 8.47. The zero-order valence-corrected chi connectivity index (χ0v) is 15.0. The second kappa shape index (κ2) is 5.94. The minimum atomic E-state index is -0.540. The van der Waals surface area contributed by atoms with Gasteiger partial charge in [-0.1, -0.05) is 0 Å². The van der Waals surface area contributed by atoms with Gasteiger partial charge in [0.1, 0.15) is 12.0 Å². The summed E-state index contributed by atoms with van der Waals surface area (Å²) in [6.45, 7) is 0.174. The van der Waals surface area contributed by atoms with E-state index >= 15 is 0 Å². The van der Waals surface area contributed by atoms with Crippen molar-refractivity contribution in [2.75, 3.05) is 0 Å². The van der Waals surface area contributed by atoms with E-state index in [1.165, 1.54) is 31.7 Å². The molecule has 2 aromatic rings. The quantitative estimate of drug-likeness (QED) is 0.643. The molecular formula is C19H22N4O4. The summed E-state index contributed by atoms with van der Waals surface area (Å²) in [5, 5.41) is 18.7. The number of amides is 1. The lowest BCUT2D eigenvalue weighted by atomic mass is 9.53. The zero-order chi connectivity index (χ0) is 18.6. The van der Waals surface area contributed by atoms with Gasteiger partial charge in [0.25, 0.3) is 5.91 Å². The summed E-state index contributed by atoms with van der Waals surface area (Å²) in [5.41, 5.74) is -0.482. The number of hydrogen-bond acceptors (Lipinski definition) is 5. The van der Waals surface area contributed by atoms with Crippen LogP contribution in [0.15, 0.2) is 29.0 Å². The Labute approximate surface area is 156 Å². The summed E-state index contributed by atoms with van der Waals surface area (Å²) in [6.07, 6.45) is 9.89. The Hall–Kier alpha value is -2.64. The van der Waals surface area contributed by atoms with E-state index in [1.54, 1.807) is 16.8 Å². The van der Waals surface area contributed by atoms with Gasteiger partial charge in [0.15, 0.2) is 0 Å². The average Bonchev–Trinajstić information content (AvgIpc) is 3.28. The maximum atomic E-state index is 12.6. The number of carbonyl (C=O) groups excluding carboxylic acids is 1. The Kier molecular flexibility index (Phi) is 3.63. The fourth-order valence-corrected chi connectivity index (χ4v) is 5.91.